The molecular weight excluding hydrogens is 114 g/mol. The van der Waals surface area contributed by atoms with Gasteiger partial charge in [-0.15, -0.1) is 0 Å². The largest absolute Gasteiger partial charge is 0.759 e. The van der Waals surface area contributed by atoms with Crippen LogP contribution in [0, 0.1) is 11.1 Å². The predicted octanol–water partition coefficient (Wildman–Crippen LogP) is 1.48. The minimum atomic E-state index is 0.683. The van der Waals surface area contributed by atoms with Crippen molar-refractivity contribution in [1.82, 2.24) is 5.06 Å². The van der Waals surface area contributed by atoms with Gasteiger partial charge in [-0.05, 0) is 30.9 Å². The lowest BCUT2D eigenvalue weighted by Gasteiger charge is -2.25. The fraction of sp³-hybridized carbons (Fsp3) is 0.714. The molecule has 0 amide bonds. The minimum Gasteiger partial charge on any atom is -0.759 e. The highest BCUT2D eigenvalue weighted by atomic mass is 16.5. The zero-order valence-electron chi connectivity index (χ0n) is 5.34. The summed E-state index contributed by atoms with van der Waals surface area (Å²) >= 11 is 0. The quantitative estimate of drug-likeness (QED) is 0.489. The van der Waals surface area contributed by atoms with Crippen molar-refractivity contribution >= 4 is 0 Å². The molecule has 2 heteroatoms. The lowest BCUT2D eigenvalue weighted by molar-refractivity contribution is 0.464. The zero-order chi connectivity index (χ0) is 6.27. The predicted molar refractivity (Wildman–Crippen MR) is 35.5 cm³/mol. The van der Waals surface area contributed by atoms with E-state index in [0.717, 1.165) is 30.1 Å². The first-order valence-corrected chi connectivity index (χ1v) is 3.50. The topological polar surface area (TPSA) is 26.3 Å². The Balaban J connectivity index is 2.24. The van der Waals surface area contributed by atoms with Gasteiger partial charge in [0.25, 0.3) is 0 Å². The molecule has 2 nitrogen and oxygen atoms in total. The number of hydrogen-bond acceptors (Lipinski definition) is 2. The van der Waals surface area contributed by atoms with Gasteiger partial charge in [-0.2, -0.15) is 0 Å². The fourth-order valence-corrected chi connectivity index (χ4v) is 1.68. The molecule has 0 aromatic carbocycles. The van der Waals surface area contributed by atoms with Crippen LogP contribution in [0.2, 0.25) is 0 Å². The van der Waals surface area contributed by atoms with Gasteiger partial charge in [0.05, 0.1) is 0 Å². The SMILES string of the molecule is [O-]N1CC2CCC=C1C2. The van der Waals surface area contributed by atoms with Crippen LogP contribution in [0.25, 0.3) is 0 Å². The summed E-state index contributed by atoms with van der Waals surface area (Å²) in [7, 11) is 0. The van der Waals surface area contributed by atoms with Gasteiger partial charge in [0.15, 0.2) is 0 Å². The average molecular weight is 124 g/mol. The van der Waals surface area contributed by atoms with Crippen molar-refractivity contribution in [3.05, 3.63) is 17.0 Å². The van der Waals surface area contributed by atoms with Crippen molar-refractivity contribution in [2.75, 3.05) is 6.54 Å². The van der Waals surface area contributed by atoms with Gasteiger partial charge in [-0.1, -0.05) is 6.08 Å². The number of rotatable bonds is 0. The van der Waals surface area contributed by atoms with E-state index in [2.05, 4.69) is 6.08 Å². The van der Waals surface area contributed by atoms with Gasteiger partial charge in [-0.25, -0.2) is 0 Å². The summed E-state index contributed by atoms with van der Waals surface area (Å²) in [5.74, 6) is 0.683. The normalized spacial score (nSPS) is 32.8. The van der Waals surface area contributed by atoms with Crippen LogP contribution in [-0.4, -0.2) is 11.6 Å². The Kier molecular flexibility index (Phi) is 1.02. The standard InChI is InChI=1S/C7H10NO/c9-8-5-6-2-1-3-7(8)4-6/h3,6H,1-2,4-5H2/q-1. The molecule has 1 saturated heterocycles. The molecular formula is C7H10NO-. The van der Waals surface area contributed by atoms with E-state index in [0.29, 0.717) is 5.92 Å². The molecule has 0 saturated carbocycles. The third-order valence-corrected chi connectivity index (χ3v) is 2.20. The Labute approximate surface area is 54.7 Å². The third-order valence-electron chi connectivity index (χ3n) is 2.20. The summed E-state index contributed by atoms with van der Waals surface area (Å²) in [6.07, 6.45) is 5.47. The van der Waals surface area contributed by atoms with Crippen molar-refractivity contribution in [2.45, 2.75) is 19.3 Å². The van der Waals surface area contributed by atoms with Crippen molar-refractivity contribution in [1.29, 1.82) is 0 Å². The van der Waals surface area contributed by atoms with Crippen LogP contribution >= 0.6 is 0 Å². The molecule has 50 valence electrons. The first-order valence-electron chi connectivity index (χ1n) is 3.50. The monoisotopic (exact) mass is 124 g/mol. The van der Waals surface area contributed by atoms with E-state index in [9.17, 15) is 5.21 Å². The molecule has 1 fully saturated rings. The van der Waals surface area contributed by atoms with Crippen LogP contribution in [0.3, 0.4) is 0 Å². The van der Waals surface area contributed by atoms with E-state index in [4.69, 9.17) is 0 Å². The summed E-state index contributed by atoms with van der Waals surface area (Å²) in [5.41, 5.74) is 1.03. The molecule has 0 spiro atoms. The molecule has 2 rings (SSSR count). The number of hydroxylamine groups is 2. The Bertz CT molecular complexity index is 153. The minimum absolute atomic E-state index is 0.683. The van der Waals surface area contributed by atoms with Gasteiger partial charge in [-0.3, -0.25) is 0 Å². The number of allylic oxidation sites excluding steroid dienone is 2. The summed E-state index contributed by atoms with van der Waals surface area (Å²) in [4.78, 5) is 0. The second-order valence-corrected chi connectivity index (χ2v) is 2.90. The highest BCUT2D eigenvalue weighted by Crippen LogP contribution is 2.33. The number of nitrogens with zero attached hydrogens (tertiary/aromatic N) is 1. The zero-order valence-corrected chi connectivity index (χ0v) is 5.34. The van der Waals surface area contributed by atoms with Gasteiger partial charge in [0.1, 0.15) is 0 Å². The van der Waals surface area contributed by atoms with Crippen molar-refractivity contribution in [3.63, 3.8) is 0 Å². The Morgan fingerprint density at radius 1 is 1.67 bits per heavy atom. The molecule has 0 aromatic heterocycles. The van der Waals surface area contributed by atoms with E-state index >= 15 is 0 Å². The fourth-order valence-electron chi connectivity index (χ4n) is 1.68. The molecule has 0 radical (unpaired) electrons. The van der Waals surface area contributed by atoms with Gasteiger partial charge < -0.3 is 10.3 Å². The van der Waals surface area contributed by atoms with E-state index in [1.807, 2.05) is 0 Å². The van der Waals surface area contributed by atoms with E-state index in [1.165, 1.54) is 6.42 Å². The summed E-state index contributed by atoms with van der Waals surface area (Å²) in [6, 6.07) is 0. The maximum atomic E-state index is 10.9. The number of fused-ring (bicyclic) bond motifs is 2. The molecule has 1 heterocycles. The molecule has 0 N–H and O–H groups in total. The molecule has 0 aromatic rings. The molecule has 2 aliphatic rings. The van der Waals surface area contributed by atoms with Gasteiger partial charge >= 0.3 is 0 Å². The first kappa shape index (κ1) is 5.30. The van der Waals surface area contributed by atoms with Crippen LogP contribution < -0.4 is 0 Å². The Morgan fingerprint density at radius 3 is 3.22 bits per heavy atom. The van der Waals surface area contributed by atoms with Crippen LogP contribution in [0.5, 0.6) is 0 Å². The summed E-state index contributed by atoms with van der Waals surface area (Å²) in [5, 5.41) is 12.1. The molecule has 1 atom stereocenters. The van der Waals surface area contributed by atoms with Crippen molar-refractivity contribution < 1.29 is 0 Å². The van der Waals surface area contributed by atoms with Crippen LogP contribution in [-0.2, 0) is 0 Å². The Morgan fingerprint density at radius 2 is 2.56 bits per heavy atom. The van der Waals surface area contributed by atoms with Crippen LogP contribution in [0.4, 0.5) is 0 Å². The highest BCUT2D eigenvalue weighted by molar-refractivity contribution is 5.12. The highest BCUT2D eigenvalue weighted by Gasteiger charge is 2.23. The van der Waals surface area contributed by atoms with Crippen molar-refractivity contribution in [2.24, 2.45) is 5.92 Å². The van der Waals surface area contributed by atoms with Crippen LogP contribution in [0.1, 0.15) is 19.3 Å². The smallest absolute Gasteiger partial charge is 0.00864 e. The summed E-state index contributed by atoms with van der Waals surface area (Å²) in [6.45, 7) is 0.756. The molecule has 1 aliphatic heterocycles. The molecule has 1 aliphatic carbocycles. The third kappa shape index (κ3) is 0.741. The lowest BCUT2D eigenvalue weighted by Crippen LogP contribution is -2.08. The molecule has 2 bridgehead atoms. The van der Waals surface area contributed by atoms with Gasteiger partial charge in [0, 0.05) is 6.54 Å². The van der Waals surface area contributed by atoms with E-state index < -0.39 is 0 Å². The number of hydrogen-bond donors (Lipinski definition) is 0. The molecule has 1 unspecified atom stereocenters. The van der Waals surface area contributed by atoms with Crippen molar-refractivity contribution in [3.8, 4) is 0 Å². The lowest BCUT2D eigenvalue weighted by atomic mass is 9.97. The van der Waals surface area contributed by atoms with Gasteiger partial charge in [0.2, 0.25) is 0 Å². The maximum Gasteiger partial charge on any atom is 0.00864 e. The first-order chi connectivity index (χ1) is 4.36. The average Bonchev–Trinajstić information content (AvgIpc) is 2.09. The van der Waals surface area contributed by atoms with E-state index in [-0.39, 0.29) is 0 Å². The second-order valence-electron chi connectivity index (χ2n) is 2.90. The van der Waals surface area contributed by atoms with E-state index in [1.54, 1.807) is 0 Å². The van der Waals surface area contributed by atoms with Crippen LogP contribution in [0.15, 0.2) is 11.8 Å². The maximum absolute atomic E-state index is 10.9. The molecule has 9 heavy (non-hydrogen) atoms. The summed E-state index contributed by atoms with van der Waals surface area (Å²) < 4.78 is 0. The Hall–Kier alpha value is -0.500. The second kappa shape index (κ2) is 1.74.